The fraction of sp³-hybridized carbons (Fsp3) is 0.278. The zero-order chi connectivity index (χ0) is 16.1. The van der Waals surface area contributed by atoms with Gasteiger partial charge in [0.1, 0.15) is 0 Å². The number of nitrogens with one attached hydrogen (secondary N) is 1. The van der Waals surface area contributed by atoms with E-state index in [2.05, 4.69) is 5.32 Å². The van der Waals surface area contributed by atoms with Crippen LogP contribution in [-0.2, 0) is 0 Å². The van der Waals surface area contributed by atoms with Gasteiger partial charge in [-0.15, -0.1) is 0 Å². The van der Waals surface area contributed by atoms with Gasteiger partial charge in [-0.3, -0.25) is 4.79 Å². The average Bonchev–Trinajstić information content (AvgIpc) is 2.51. The second kappa shape index (κ2) is 6.98. The lowest BCUT2D eigenvalue weighted by atomic mass is 10.1. The lowest BCUT2D eigenvalue weighted by Crippen LogP contribution is -2.14. The van der Waals surface area contributed by atoms with Crippen LogP contribution in [0.2, 0.25) is 0 Å². The number of methoxy groups -OCH3 is 1. The van der Waals surface area contributed by atoms with E-state index in [1.807, 2.05) is 39.0 Å². The van der Waals surface area contributed by atoms with Gasteiger partial charge in [0.2, 0.25) is 0 Å². The molecule has 0 bridgehead atoms. The number of carbonyl (C=O) groups is 1. The highest BCUT2D eigenvalue weighted by Gasteiger charge is 2.13. The molecule has 0 unspecified atom stereocenters. The maximum absolute atomic E-state index is 12.4. The van der Waals surface area contributed by atoms with Gasteiger partial charge in [0.05, 0.1) is 13.7 Å². The monoisotopic (exact) mass is 299 g/mol. The van der Waals surface area contributed by atoms with E-state index in [0.29, 0.717) is 23.7 Å². The molecule has 4 heteroatoms. The number of hydrogen-bond acceptors (Lipinski definition) is 3. The van der Waals surface area contributed by atoms with Crippen molar-refractivity contribution in [1.82, 2.24) is 0 Å². The summed E-state index contributed by atoms with van der Waals surface area (Å²) in [6, 6.07) is 11.1. The van der Waals surface area contributed by atoms with Crippen molar-refractivity contribution >= 4 is 11.6 Å². The Kier molecular flexibility index (Phi) is 5.04. The van der Waals surface area contributed by atoms with Crippen molar-refractivity contribution in [2.75, 3.05) is 19.0 Å². The second-order valence-electron chi connectivity index (χ2n) is 5.02. The summed E-state index contributed by atoms with van der Waals surface area (Å²) in [6.07, 6.45) is 0. The molecule has 0 aromatic heterocycles. The zero-order valence-electron chi connectivity index (χ0n) is 13.4. The molecule has 1 amide bonds. The van der Waals surface area contributed by atoms with Crippen molar-refractivity contribution in [1.29, 1.82) is 0 Å². The molecule has 0 aliphatic heterocycles. The lowest BCUT2D eigenvalue weighted by Gasteiger charge is -2.13. The van der Waals surface area contributed by atoms with Crippen molar-refractivity contribution in [3.63, 3.8) is 0 Å². The maximum atomic E-state index is 12.4. The van der Waals surface area contributed by atoms with Gasteiger partial charge in [0, 0.05) is 11.3 Å². The predicted octanol–water partition coefficient (Wildman–Crippen LogP) is 3.96. The van der Waals surface area contributed by atoms with E-state index in [4.69, 9.17) is 9.47 Å². The summed E-state index contributed by atoms with van der Waals surface area (Å²) >= 11 is 0. The molecule has 2 rings (SSSR count). The molecule has 0 fully saturated rings. The first kappa shape index (κ1) is 15.9. The molecule has 4 nitrogen and oxygen atoms in total. The quantitative estimate of drug-likeness (QED) is 0.909. The Balaban J connectivity index is 2.26. The molecule has 22 heavy (non-hydrogen) atoms. The van der Waals surface area contributed by atoms with Crippen molar-refractivity contribution in [2.45, 2.75) is 20.8 Å². The molecule has 0 saturated heterocycles. The fourth-order valence-corrected chi connectivity index (χ4v) is 2.28. The molecule has 2 aromatic rings. The van der Waals surface area contributed by atoms with Gasteiger partial charge in [0.15, 0.2) is 11.5 Å². The minimum atomic E-state index is -0.168. The third-order valence-electron chi connectivity index (χ3n) is 3.45. The Morgan fingerprint density at radius 2 is 1.77 bits per heavy atom. The number of carbonyl (C=O) groups excluding carboxylic acids is 1. The van der Waals surface area contributed by atoms with E-state index < -0.39 is 0 Å². The molecule has 0 aliphatic rings. The van der Waals surface area contributed by atoms with Crippen LogP contribution in [0, 0.1) is 13.8 Å². The summed E-state index contributed by atoms with van der Waals surface area (Å²) in [5.74, 6) is 1.02. The summed E-state index contributed by atoms with van der Waals surface area (Å²) in [5.41, 5.74) is 3.45. The molecule has 0 spiro atoms. The van der Waals surface area contributed by atoms with Crippen LogP contribution in [0.5, 0.6) is 11.5 Å². The van der Waals surface area contributed by atoms with E-state index >= 15 is 0 Å². The first-order valence-electron chi connectivity index (χ1n) is 7.25. The van der Waals surface area contributed by atoms with Crippen molar-refractivity contribution in [3.8, 4) is 11.5 Å². The Morgan fingerprint density at radius 3 is 2.36 bits per heavy atom. The molecule has 0 saturated carbocycles. The van der Waals surface area contributed by atoms with Gasteiger partial charge < -0.3 is 14.8 Å². The number of amides is 1. The van der Waals surface area contributed by atoms with E-state index in [1.54, 1.807) is 25.3 Å². The van der Waals surface area contributed by atoms with E-state index in [-0.39, 0.29) is 5.91 Å². The Bertz CT molecular complexity index is 660. The normalized spacial score (nSPS) is 10.2. The minimum Gasteiger partial charge on any atom is -0.493 e. The highest BCUT2D eigenvalue weighted by atomic mass is 16.5. The molecule has 0 heterocycles. The highest BCUT2D eigenvalue weighted by Crippen LogP contribution is 2.29. The summed E-state index contributed by atoms with van der Waals surface area (Å²) in [6.45, 7) is 6.40. The smallest absolute Gasteiger partial charge is 0.255 e. The minimum absolute atomic E-state index is 0.168. The van der Waals surface area contributed by atoms with Gasteiger partial charge in [-0.25, -0.2) is 0 Å². The maximum Gasteiger partial charge on any atom is 0.255 e. The van der Waals surface area contributed by atoms with Crippen LogP contribution >= 0.6 is 0 Å². The van der Waals surface area contributed by atoms with Crippen LogP contribution in [0.25, 0.3) is 0 Å². The third-order valence-corrected chi connectivity index (χ3v) is 3.45. The van der Waals surface area contributed by atoms with Crippen LogP contribution in [0.4, 0.5) is 5.69 Å². The van der Waals surface area contributed by atoms with Crippen LogP contribution in [0.15, 0.2) is 36.4 Å². The van der Waals surface area contributed by atoms with Crippen LogP contribution < -0.4 is 14.8 Å². The zero-order valence-corrected chi connectivity index (χ0v) is 13.4. The largest absolute Gasteiger partial charge is 0.493 e. The molecule has 116 valence electrons. The van der Waals surface area contributed by atoms with Crippen molar-refractivity contribution < 1.29 is 14.3 Å². The number of rotatable bonds is 5. The van der Waals surface area contributed by atoms with Crippen molar-refractivity contribution in [2.24, 2.45) is 0 Å². The number of ether oxygens (including phenoxy) is 2. The number of hydrogen-bond donors (Lipinski definition) is 1. The number of anilines is 1. The van der Waals surface area contributed by atoms with Gasteiger partial charge >= 0.3 is 0 Å². The molecule has 2 aromatic carbocycles. The SMILES string of the molecule is CCOc1ccc(C(=O)Nc2c(C)cccc2C)cc1OC. The second-order valence-corrected chi connectivity index (χ2v) is 5.02. The predicted molar refractivity (Wildman–Crippen MR) is 88.0 cm³/mol. The molecule has 0 radical (unpaired) electrons. The number of benzene rings is 2. The highest BCUT2D eigenvalue weighted by molar-refractivity contribution is 6.05. The van der Waals surface area contributed by atoms with Crippen molar-refractivity contribution in [3.05, 3.63) is 53.1 Å². The summed E-state index contributed by atoms with van der Waals surface area (Å²) < 4.78 is 10.7. The number of aryl methyl sites for hydroxylation is 2. The summed E-state index contributed by atoms with van der Waals surface area (Å²) in [4.78, 5) is 12.4. The fourth-order valence-electron chi connectivity index (χ4n) is 2.28. The summed E-state index contributed by atoms with van der Waals surface area (Å²) in [5, 5.41) is 2.96. The first-order valence-corrected chi connectivity index (χ1v) is 7.25. The van der Waals surface area contributed by atoms with E-state index in [1.165, 1.54) is 0 Å². The summed E-state index contributed by atoms with van der Waals surface area (Å²) in [7, 11) is 1.56. The third kappa shape index (κ3) is 3.39. The standard InChI is InChI=1S/C18H21NO3/c1-5-22-15-10-9-14(11-16(15)21-4)18(20)19-17-12(2)7-6-8-13(17)3/h6-11H,5H2,1-4H3,(H,19,20). The van der Waals surface area contributed by atoms with Gasteiger partial charge in [-0.2, -0.15) is 0 Å². The Labute approximate surface area is 131 Å². The van der Waals surface area contributed by atoms with E-state index in [9.17, 15) is 4.79 Å². The topological polar surface area (TPSA) is 47.6 Å². The Morgan fingerprint density at radius 1 is 1.09 bits per heavy atom. The molecule has 0 atom stereocenters. The van der Waals surface area contributed by atoms with Gasteiger partial charge in [-0.1, -0.05) is 18.2 Å². The molecular weight excluding hydrogens is 278 g/mol. The van der Waals surface area contributed by atoms with Gasteiger partial charge in [-0.05, 0) is 50.1 Å². The van der Waals surface area contributed by atoms with E-state index in [0.717, 1.165) is 16.8 Å². The molecule has 1 N–H and O–H groups in total. The number of para-hydroxylation sites is 1. The molecular formula is C18H21NO3. The average molecular weight is 299 g/mol. The van der Waals surface area contributed by atoms with Crippen LogP contribution in [0.1, 0.15) is 28.4 Å². The van der Waals surface area contributed by atoms with Gasteiger partial charge in [0.25, 0.3) is 5.91 Å². The first-order chi connectivity index (χ1) is 10.6. The Hall–Kier alpha value is -2.49. The molecule has 0 aliphatic carbocycles. The van der Waals surface area contributed by atoms with Crippen LogP contribution in [0.3, 0.4) is 0 Å². The lowest BCUT2D eigenvalue weighted by molar-refractivity contribution is 0.102. The van der Waals surface area contributed by atoms with Crippen LogP contribution in [-0.4, -0.2) is 19.6 Å².